The van der Waals surface area contributed by atoms with E-state index in [1.54, 1.807) is 24.5 Å². The number of hydrogen-bond donors (Lipinski definition) is 0. The minimum absolute atomic E-state index is 0.0200. The minimum Gasteiger partial charge on any atom is -0.489 e. The molecule has 0 spiro atoms. The van der Waals surface area contributed by atoms with E-state index in [9.17, 15) is 10.1 Å². The summed E-state index contributed by atoms with van der Waals surface area (Å²) >= 11 is 0. The van der Waals surface area contributed by atoms with Crippen LogP contribution in [0.5, 0.6) is 5.75 Å². The molecule has 1 amide bonds. The van der Waals surface area contributed by atoms with Crippen LogP contribution in [-0.2, 0) is 6.61 Å². The van der Waals surface area contributed by atoms with Gasteiger partial charge in [-0.05, 0) is 54.8 Å². The van der Waals surface area contributed by atoms with Gasteiger partial charge in [-0.25, -0.2) is 0 Å². The van der Waals surface area contributed by atoms with E-state index in [-0.39, 0.29) is 18.6 Å². The molecule has 0 N–H and O–H groups in total. The largest absolute Gasteiger partial charge is 0.489 e. The van der Waals surface area contributed by atoms with E-state index in [1.807, 2.05) is 53.4 Å². The molecule has 1 aromatic heterocycles. The van der Waals surface area contributed by atoms with E-state index >= 15 is 0 Å². The van der Waals surface area contributed by atoms with E-state index in [4.69, 9.17) is 4.74 Å². The zero-order valence-electron chi connectivity index (χ0n) is 17.4. The third-order valence-corrected chi connectivity index (χ3v) is 5.72. The van der Waals surface area contributed by atoms with Crippen LogP contribution in [0, 0.1) is 11.3 Å². The molecule has 1 aliphatic rings. The van der Waals surface area contributed by atoms with Crippen molar-refractivity contribution >= 4 is 5.91 Å². The Balaban J connectivity index is 1.53. The molecule has 1 aliphatic heterocycles. The number of carbonyl (C=O) groups excluding carboxylic acids is 1. The molecular formula is C26H25N3O2. The van der Waals surface area contributed by atoms with Gasteiger partial charge in [0.25, 0.3) is 5.91 Å². The molecule has 5 nitrogen and oxygen atoms in total. The van der Waals surface area contributed by atoms with Gasteiger partial charge < -0.3 is 9.64 Å². The quantitative estimate of drug-likeness (QED) is 0.572. The lowest BCUT2D eigenvalue weighted by molar-refractivity contribution is 0.0680. The van der Waals surface area contributed by atoms with E-state index in [2.05, 4.69) is 11.1 Å². The van der Waals surface area contributed by atoms with Gasteiger partial charge in [0.1, 0.15) is 12.4 Å². The van der Waals surface area contributed by atoms with Gasteiger partial charge in [0.2, 0.25) is 0 Å². The maximum Gasteiger partial charge on any atom is 0.254 e. The number of hydrogen-bond acceptors (Lipinski definition) is 4. The fourth-order valence-electron chi connectivity index (χ4n) is 4.08. The standard InChI is InChI=1S/C26H25N3O2/c27-18-22-7-3-4-8-23(22)19-31-24-10-6-9-21(17-24)26(30)29-16-5-1-2-11-25(29)20-12-14-28-15-13-20/h3-4,6-10,12-15,17,25H,1-2,5,11,16,19H2. The molecule has 3 aromatic rings. The second kappa shape index (κ2) is 9.90. The van der Waals surface area contributed by atoms with Crippen molar-refractivity contribution in [3.05, 3.63) is 95.3 Å². The monoisotopic (exact) mass is 411 g/mol. The predicted octanol–water partition coefficient (Wildman–Crippen LogP) is 5.29. The van der Waals surface area contributed by atoms with E-state index in [1.165, 1.54) is 0 Å². The molecular weight excluding hydrogens is 386 g/mol. The zero-order chi connectivity index (χ0) is 21.5. The Morgan fingerprint density at radius 2 is 1.90 bits per heavy atom. The number of benzene rings is 2. The number of likely N-dealkylation sites (tertiary alicyclic amines) is 1. The highest BCUT2D eigenvalue weighted by Gasteiger charge is 2.27. The second-order valence-corrected chi connectivity index (χ2v) is 7.73. The summed E-state index contributed by atoms with van der Waals surface area (Å²) in [5, 5.41) is 9.26. The Labute approximate surface area is 182 Å². The number of pyridine rings is 1. The number of amides is 1. The first-order valence-corrected chi connectivity index (χ1v) is 10.7. The van der Waals surface area contributed by atoms with Gasteiger partial charge in [-0.1, -0.05) is 37.1 Å². The van der Waals surface area contributed by atoms with E-state index < -0.39 is 0 Å². The van der Waals surface area contributed by atoms with Crippen molar-refractivity contribution in [2.45, 2.75) is 38.3 Å². The highest BCUT2D eigenvalue weighted by Crippen LogP contribution is 2.31. The summed E-state index contributed by atoms with van der Waals surface area (Å²) in [6.45, 7) is 1.02. The number of carbonyl (C=O) groups is 1. The van der Waals surface area contributed by atoms with Crippen molar-refractivity contribution < 1.29 is 9.53 Å². The lowest BCUT2D eigenvalue weighted by atomic mass is 10.0. The smallest absolute Gasteiger partial charge is 0.254 e. The van der Waals surface area contributed by atoms with Gasteiger partial charge >= 0.3 is 0 Å². The Hall–Kier alpha value is -3.65. The maximum absolute atomic E-state index is 13.5. The average Bonchev–Trinajstić information content (AvgIpc) is 3.09. The Kier molecular flexibility index (Phi) is 6.59. The van der Waals surface area contributed by atoms with Gasteiger partial charge in [0.15, 0.2) is 0 Å². The maximum atomic E-state index is 13.5. The van der Waals surface area contributed by atoms with Crippen molar-refractivity contribution in [1.29, 1.82) is 5.26 Å². The highest BCUT2D eigenvalue weighted by atomic mass is 16.5. The van der Waals surface area contributed by atoms with Crippen molar-refractivity contribution in [3.8, 4) is 11.8 Å². The summed E-state index contributed by atoms with van der Waals surface area (Å²) in [4.78, 5) is 19.6. The number of aromatic nitrogens is 1. The molecule has 1 atom stereocenters. The first kappa shape index (κ1) is 20.6. The number of rotatable bonds is 5. The van der Waals surface area contributed by atoms with Crippen LogP contribution >= 0.6 is 0 Å². The molecule has 0 saturated carbocycles. The normalized spacial score (nSPS) is 16.2. The SMILES string of the molecule is N#Cc1ccccc1COc1cccc(C(=O)N2CCCCCC2c2ccncc2)c1. The molecule has 31 heavy (non-hydrogen) atoms. The molecule has 156 valence electrons. The third kappa shape index (κ3) is 4.92. The van der Waals surface area contributed by atoms with Gasteiger partial charge in [-0.3, -0.25) is 9.78 Å². The van der Waals surface area contributed by atoms with Crippen LogP contribution in [0.25, 0.3) is 0 Å². The lowest BCUT2D eigenvalue weighted by Crippen LogP contribution is -2.34. The second-order valence-electron chi connectivity index (χ2n) is 7.73. The average molecular weight is 412 g/mol. The highest BCUT2D eigenvalue weighted by molar-refractivity contribution is 5.95. The van der Waals surface area contributed by atoms with Crippen LogP contribution in [-0.4, -0.2) is 22.3 Å². The minimum atomic E-state index is 0.0200. The topological polar surface area (TPSA) is 66.2 Å². The van der Waals surface area contributed by atoms with Crippen LogP contribution in [0.3, 0.4) is 0 Å². The van der Waals surface area contributed by atoms with Crippen molar-refractivity contribution in [1.82, 2.24) is 9.88 Å². The summed E-state index contributed by atoms with van der Waals surface area (Å²) < 4.78 is 5.92. The summed E-state index contributed by atoms with van der Waals surface area (Å²) in [6.07, 6.45) is 7.78. The predicted molar refractivity (Wildman–Crippen MR) is 118 cm³/mol. The molecule has 0 bridgehead atoms. The molecule has 1 fully saturated rings. The molecule has 1 unspecified atom stereocenters. The van der Waals surface area contributed by atoms with Crippen LogP contribution in [0.1, 0.15) is 58.8 Å². The molecule has 4 rings (SSSR count). The summed E-state index contributed by atoms with van der Waals surface area (Å²) in [5.41, 5.74) is 3.17. The van der Waals surface area contributed by atoms with Gasteiger partial charge in [0.05, 0.1) is 17.7 Å². The molecule has 0 radical (unpaired) electrons. The van der Waals surface area contributed by atoms with E-state index in [0.717, 1.165) is 43.4 Å². The van der Waals surface area contributed by atoms with Gasteiger partial charge in [-0.15, -0.1) is 0 Å². The van der Waals surface area contributed by atoms with Crippen molar-refractivity contribution in [2.75, 3.05) is 6.54 Å². The molecule has 5 heteroatoms. The van der Waals surface area contributed by atoms with Crippen LogP contribution < -0.4 is 4.74 Å². The molecule has 2 heterocycles. The summed E-state index contributed by atoms with van der Waals surface area (Å²) in [7, 11) is 0. The van der Waals surface area contributed by atoms with Crippen LogP contribution in [0.4, 0.5) is 0 Å². The Bertz CT molecular complexity index is 1080. The van der Waals surface area contributed by atoms with Crippen LogP contribution in [0.15, 0.2) is 73.1 Å². The first-order valence-electron chi connectivity index (χ1n) is 10.7. The van der Waals surface area contributed by atoms with Crippen molar-refractivity contribution in [2.24, 2.45) is 0 Å². The molecule has 0 aliphatic carbocycles. The fraction of sp³-hybridized carbons (Fsp3) is 0.269. The lowest BCUT2D eigenvalue weighted by Gasteiger charge is -2.30. The van der Waals surface area contributed by atoms with Gasteiger partial charge in [0, 0.05) is 30.1 Å². The number of nitriles is 1. The van der Waals surface area contributed by atoms with Crippen molar-refractivity contribution in [3.63, 3.8) is 0 Å². The third-order valence-electron chi connectivity index (χ3n) is 5.72. The fourth-order valence-corrected chi connectivity index (χ4v) is 4.08. The van der Waals surface area contributed by atoms with Crippen LogP contribution in [0.2, 0.25) is 0 Å². The van der Waals surface area contributed by atoms with E-state index in [0.29, 0.717) is 16.9 Å². The number of nitrogens with zero attached hydrogens (tertiary/aromatic N) is 3. The number of ether oxygens (including phenoxy) is 1. The Morgan fingerprint density at radius 1 is 1.06 bits per heavy atom. The molecule has 1 saturated heterocycles. The zero-order valence-corrected chi connectivity index (χ0v) is 17.4. The summed E-state index contributed by atoms with van der Waals surface area (Å²) in [6, 6.07) is 21.0. The Morgan fingerprint density at radius 3 is 2.74 bits per heavy atom. The molecule has 2 aromatic carbocycles. The first-order chi connectivity index (χ1) is 15.3. The van der Waals surface area contributed by atoms with Gasteiger partial charge in [-0.2, -0.15) is 5.26 Å². The summed E-state index contributed by atoms with van der Waals surface area (Å²) in [5.74, 6) is 0.639.